The fourth-order valence-corrected chi connectivity index (χ4v) is 2.82. The van der Waals surface area contributed by atoms with Gasteiger partial charge >= 0.3 is 0 Å². The van der Waals surface area contributed by atoms with Crippen LogP contribution in [0.5, 0.6) is 0 Å². The van der Waals surface area contributed by atoms with Crippen LogP contribution in [0.1, 0.15) is 42.9 Å². The Kier molecular flexibility index (Phi) is 3.97. The average Bonchev–Trinajstić information content (AvgIpc) is 2.97. The Bertz CT molecular complexity index is 447. The van der Waals surface area contributed by atoms with Gasteiger partial charge < -0.3 is 10.3 Å². The van der Waals surface area contributed by atoms with Crippen LogP contribution in [0.3, 0.4) is 0 Å². The van der Waals surface area contributed by atoms with E-state index in [-0.39, 0.29) is 6.04 Å². The Hall–Kier alpha value is -1.13. The fraction of sp³-hybridized carbons (Fsp3) is 0.462. The molecule has 92 valence electrons. The van der Waals surface area contributed by atoms with Gasteiger partial charge in [-0.1, -0.05) is 13.0 Å². The third-order valence-electron chi connectivity index (χ3n) is 3.07. The highest BCUT2D eigenvalue weighted by atomic mass is 32.1. The standard InChI is InChI=1S/C13H19N3S/c1-3-12(14)13-8-15-9-16(13)10(2)7-11-5-4-6-17-11/h4-6,8-10,12H,3,7,14H2,1-2H3/t10?,12-/m1/s1. The van der Waals surface area contributed by atoms with Crippen LogP contribution in [0.2, 0.25) is 0 Å². The zero-order valence-corrected chi connectivity index (χ0v) is 11.2. The Balaban J connectivity index is 2.14. The maximum Gasteiger partial charge on any atom is 0.0951 e. The maximum atomic E-state index is 6.09. The minimum absolute atomic E-state index is 0.0864. The Morgan fingerprint density at radius 2 is 2.35 bits per heavy atom. The first-order chi connectivity index (χ1) is 8.22. The molecule has 0 aliphatic carbocycles. The largest absolute Gasteiger partial charge is 0.330 e. The van der Waals surface area contributed by atoms with Crippen molar-refractivity contribution in [1.29, 1.82) is 0 Å². The highest BCUT2D eigenvalue weighted by Gasteiger charge is 2.14. The van der Waals surface area contributed by atoms with Crippen LogP contribution in [-0.4, -0.2) is 9.55 Å². The molecule has 0 spiro atoms. The zero-order chi connectivity index (χ0) is 12.3. The first-order valence-corrected chi connectivity index (χ1v) is 6.90. The normalized spacial score (nSPS) is 14.8. The molecule has 17 heavy (non-hydrogen) atoms. The summed E-state index contributed by atoms with van der Waals surface area (Å²) in [5, 5.41) is 2.12. The molecule has 0 radical (unpaired) electrons. The number of aromatic nitrogens is 2. The summed E-state index contributed by atoms with van der Waals surface area (Å²) < 4.78 is 2.20. The van der Waals surface area contributed by atoms with Gasteiger partial charge in [-0.2, -0.15) is 0 Å². The molecule has 0 saturated carbocycles. The molecule has 0 aliphatic rings. The second-order valence-electron chi connectivity index (χ2n) is 4.37. The second kappa shape index (κ2) is 5.47. The minimum atomic E-state index is 0.0864. The lowest BCUT2D eigenvalue weighted by atomic mass is 10.1. The summed E-state index contributed by atoms with van der Waals surface area (Å²) in [7, 11) is 0. The van der Waals surface area contributed by atoms with E-state index >= 15 is 0 Å². The van der Waals surface area contributed by atoms with Crippen molar-refractivity contribution in [2.75, 3.05) is 0 Å². The molecule has 3 nitrogen and oxygen atoms in total. The van der Waals surface area contributed by atoms with E-state index in [0.717, 1.165) is 18.5 Å². The molecular formula is C13H19N3S. The molecule has 4 heteroatoms. The van der Waals surface area contributed by atoms with E-state index in [4.69, 9.17) is 5.73 Å². The molecule has 0 amide bonds. The van der Waals surface area contributed by atoms with E-state index < -0.39 is 0 Å². The molecule has 0 bridgehead atoms. The summed E-state index contributed by atoms with van der Waals surface area (Å²) in [6, 6.07) is 4.77. The van der Waals surface area contributed by atoms with E-state index in [1.54, 1.807) is 11.3 Å². The first-order valence-electron chi connectivity index (χ1n) is 6.02. The molecule has 0 aliphatic heterocycles. The van der Waals surface area contributed by atoms with E-state index in [0.29, 0.717) is 6.04 Å². The van der Waals surface area contributed by atoms with Crippen LogP contribution in [-0.2, 0) is 6.42 Å². The van der Waals surface area contributed by atoms with E-state index in [1.807, 2.05) is 12.5 Å². The monoisotopic (exact) mass is 249 g/mol. The van der Waals surface area contributed by atoms with Crippen LogP contribution in [0.15, 0.2) is 30.0 Å². The molecular weight excluding hydrogens is 230 g/mol. The van der Waals surface area contributed by atoms with E-state index in [9.17, 15) is 0 Å². The molecule has 2 N–H and O–H groups in total. The summed E-state index contributed by atoms with van der Waals surface area (Å²) in [6.07, 6.45) is 5.76. The number of hydrogen-bond donors (Lipinski definition) is 1. The van der Waals surface area contributed by atoms with Crippen molar-refractivity contribution in [2.24, 2.45) is 5.73 Å². The van der Waals surface area contributed by atoms with E-state index in [1.165, 1.54) is 4.88 Å². The molecule has 2 heterocycles. The lowest BCUT2D eigenvalue weighted by molar-refractivity contribution is 0.501. The predicted octanol–water partition coefficient (Wildman–Crippen LogP) is 3.16. The smallest absolute Gasteiger partial charge is 0.0951 e. The van der Waals surface area contributed by atoms with Crippen molar-refractivity contribution >= 4 is 11.3 Å². The maximum absolute atomic E-state index is 6.09. The minimum Gasteiger partial charge on any atom is -0.330 e. The van der Waals surface area contributed by atoms with Gasteiger partial charge in [0.15, 0.2) is 0 Å². The van der Waals surface area contributed by atoms with Gasteiger partial charge in [-0.05, 0) is 24.8 Å². The summed E-state index contributed by atoms with van der Waals surface area (Å²) in [5.41, 5.74) is 7.23. The lowest BCUT2D eigenvalue weighted by Gasteiger charge is -2.18. The number of rotatable bonds is 5. The van der Waals surface area contributed by atoms with Crippen LogP contribution in [0, 0.1) is 0 Å². The van der Waals surface area contributed by atoms with Crippen LogP contribution >= 0.6 is 11.3 Å². The molecule has 2 aromatic heterocycles. The van der Waals surface area contributed by atoms with Gasteiger partial charge in [-0.25, -0.2) is 4.98 Å². The first kappa shape index (κ1) is 12.3. The fourth-order valence-electron chi connectivity index (χ4n) is 2.00. The number of imidazole rings is 1. The number of hydrogen-bond acceptors (Lipinski definition) is 3. The summed E-state index contributed by atoms with van der Waals surface area (Å²) in [4.78, 5) is 5.63. The highest BCUT2D eigenvalue weighted by molar-refractivity contribution is 7.09. The number of nitrogens with zero attached hydrogens (tertiary/aromatic N) is 2. The van der Waals surface area contributed by atoms with Crippen LogP contribution in [0.4, 0.5) is 0 Å². The van der Waals surface area contributed by atoms with Crippen molar-refractivity contribution in [3.8, 4) is 0 Å². The van der Waals surface area contributed by atoms with Gasteiger partial charge in [0, 0.05) is 29.6 Å². The van der Waals surface area contributed by atoms with Crippen LogP contribution in [0.25, 0.3) is 0 Å². The third-order valence-corrected chi connectivity index (χ3v) is 3.97. The molecule has 2 atom stereocenters. The third kappa shape index (κ3) is 2.76. The van der Waals surface area contributed by atoms with Crippen molar-refractivity contribution in [1.82, 2.24) is 9.55 Å². The van der Waals surface area contributed by atoms with Gasteiger partial charge in [-0.15, -0.1) is 11.3 Å². The molecule has 0 aromatic carbocycles. The topological polar surface area (TPSA) is 43.8 Å². The van der Waals surface area contributed by atoms with Crippen molar-refractivity contribution in [3.63, 3.8) is 0 Å². The Labute approximate surface area is 106 Å². The second-order valence-corrected chi connectivity index (χ2v) is 5.41. The molecule has 2 rings (SSSR count). The van der Waals surface area contributed by atoms with Crippen molar-refractivity contribution < 1.29 is 0 Å². The average molecular weight is 249 g/mol. The summed E-state index contributed by atoms with van der Waals surface area (Å²) in [6.45, 7) is 4.32. The summed E-state index contributed by atoms with van der Waals surface area (Å²) in [5.74, 6) is 0. The molecule has 2 aromatic rings. The van der Waals surface area contributed by atoms with Gasteiger partial charge in [0.05, 0.1) is 12.0 Å². The SMILES string of the molecule is CC[C@@H](N)c1cncn1C(C)Cc1cccs1. The number of nitrogens with two attached hydrogens (primary N) is 1. The highest BCUT2D eigenvalue weighted by Crippen LogP contribution is 2.22. The van der Waals surface area contributed by atoms with Gasteiger partial charge in [0.2, 0.25) is 0 Å². The molecule has 0 saturated heterocycles. The van der Waals surface area contributed by atoms with Gasteiger partial charge in [0.25, 0.3) is 0 Å². The quantitative estimate of drug-likeness (QED) is 0.884. The van der Waals surface area contributed by atoms with Gasteiger partial charge in [0.1, 0.15) is 0 Å². The van der Waals surface area contributed by atoms with E-state index in [2.05, 4.69) is 40.9 Å². The summed E-state index contributed by atoms with van der Waals surface area (Å²) >= 11 is 1.80. The van der Waals surface area contributed by atoms with Crippen LogP contribution < -0.4 is 5.73 Å². The predicted molar refractivity (Wildman–Crippen MR) is 72.2 cm³/mol. The molecule has 0 fully saturated rings. The Morgan fingerprint density at radius 3 is 3.00 bits per heavy atom. The van der Waals surface area contributed by atoms with Crippen molar-refractivity contribution in [3.05, 3.63) is 40.6 Å². The Morgan fingerprint density at radius 1 is 1.53 bits per heavy atom. The molecule has 1 unspecified atom stereocenters. The number of thiophene rings is 1. The van der Waals surface area contributed by atoms with Gasteiger partial charge in [-0.3, -0.25) is 0 Å². The van der Waals surface area contributed by atoms with Crippen molar-refractivity contribution in [2.45, 2.75) is 38.8 Å². The lowest BCUT2D eigenvalue weighted by Crippen LogP contribution is -2.17. The zero-order valence-electron chi connectivity index (χ0n) is 10.3.